The van der Waals surface area contributed by atoms with Crippen molar-refractivity contribution in [2.45, 2.75) is 26.4 Å². The van der Waals surface area contributed by atoms with Gasteiger partial charge in [0.1, 0.15) is 6.10 Å². The van der Waals surface area contributed by atoms with E-state index in [4.69, 9.17) is 11.5 Å². The lowest BCUT2D eigenvalue weighted by molar-refractivity contribution is 0.230. The van der Waals surface area contributed by atoms with E-state index in [0.717, 1.165) is 5.57 Å². The molecule has 0 aromatic heterocycles. The maximum Gasteiger partial charge on any atom is 0.118 e. The second-order valence-corrected chi connectivity index (χ2v) is 2.70. The first kappa shape index (κ1) is 9.26. The molecule has 0 bridgehead atoms. The van der Waals surface area contributed by atoms with Crippen LogP contribution < -0.4 is 0 Å². The van der Waals surface area contributed by atoms with Crippen LogP contribution in [0.4, 0.5) is 0 Å². The Morgan fingerprint density at radius 1 is 1.70 bits per heavy atom. The molecule has 0 aliphatic rings. The molecule has 0 saturated heterocycles. The molecule has 1 nitrogen and oxygen atoms in total. The second-order valence-electron chi connectivity index (χ2n) is 2.70. The summed E-state index contributed by atoms with van der Waals surface area (Å²) < 4.78 is 0. The highest BCUT2D eigenvalue weighted by Gasteiger charge is 2.04. The molecular weight excluding hydrogens is 124 g/mol. The maximum absolute atomic E-state index is 8.98. The molecule has 0 radical (unpaired) electrons. The van der Waals surface area contributed by atoms with E-state index in [0.29, 0.717) is 12.3 Å². The van der Waals surface area contributed by atoms with Gasteiger partial charge in [-0.15, -0.1) is 6.42 Å². The topological polar surface area (TPSA) is 20.2 Å². The molecule has 0 aromatic carbocycles. The van der Waals surface area contributed by atoms with Gasteiger partial charge in [0.25, 0.3) is 0 Å². The monoisotopic (exact) mass is 138 g/mol. The average molecular weight is 138 g/mol. The molecule has 0 heterocycles. The van der Waals surface area contributed by atoms with Crippen LogP contribution in [0.3, 0.4) is 0 Å². The molecule has 0 aliphatic carbocycles. The first-order valence-corrected chi connectivity index (χ1v) is 3.39. The molecule has 1 heteroatoms. The summed E-state index contributed by atoms with van der Waals surface area (Å²) in [5.41, 5.74) is 1.01. The van der Waals surface area contributed by atoms with Gasteiger partial charge in [-0.2, -0.15) is 0 Å². The summed E-state index contributed by atoms with van der Waals surface area (Å²) in [6.45, 7) is 7.85. The standard InChI is InChI=1S/C9H14O/c1-5-9(10)6-8(4)7(2)3/h1,7,9-10H,4,6H2,2-3H3/t9-/m1/s1. The van der Waals surface area contributed by atoms with E-state index in [1.165, 1.54) is 0 Å². The molecule has 0 aliphatic heterocycles. The van der Waals surface area contributed by atoms with Crippen LogP contribution in [0.1, 0.15) is 20.3 Å². The summed E-state index contributed by atoms with van der Waals surface area (Å²) >= 11 is 0. The SMILES string of the molecule is C#C[C@@H](O)CC(=C)C(C)C. The second kappa shape index (κ2) is 4.14. The summed E-state index contributed by atoms with van der Waals surface area (Å²) in [6.07, 6.45) is 4.84. The Morgan fingerprint density at radius 2 is 2.20 bits per heavy atom. The van der Waals surface area contributed by atoms with Gasteiger partial charge < -0.3 is 5.11 Å². The third kappa shape index (κ3) is 3.32. The maximum atomic E-state index is 8.98. The Kier molecular flexibility index (Phi) is 3.83. The molecule has 0 fully saturated rings. The first-order chi connectivity index (χ1) is 4.57. The van der Waals surface area contributed by atoms with Crippen LogP contribution in [0, 0.1) is 18.3 Å². The van der Waals surface area contributed by atoms with Gasteiger partial charge in [-0.25, -0.2) is 0 Å². The Balaban J connectivity index is 3.71. The minimum Gasteiger partial charge on any atom is -0.380 e. The Labute approximate surface area is 62.8 Å². The van der Waals surface area contributed by atoms with E-state index in [9.17, 15) is 0 Å². The van der Waals surface area contributed by atoms with Crippen LogP contribution in [0.25, 0.3) is 0 Å². The number of hydrogen-bond donors (Lipinski definition) is 1. The van der Waals surface area contributed by atoms with Crippen LogP contribution >= 0.6 is 0 Å². The molecule has 10 heavy (non-hydrogen) atoms. The average Bonchev–Trinajstić information content (AvgIpc) is 1.87. The molecule has 1 atom stereocenters. The van der Waals surface area contributed by atoms with Crippen molar-refractivity contribution in [1.82, 2.24) is 0 Å². The van der Waals surface area contributed by atoms with E-state index >= 15 is 0 Å². The molecule has 0 amide bonds. The lowest BCUT2D eigenvalue weighted by Crippen LogP contribution is -2.06. The summed E-state index contributed by atoms with van der Waals surface area (Å²) in [4.78, 5) is 0. The van der Waals surface area contributed by atoms with Crippen molar-refractivity contribution >= 4 is 0 Å². The highest BCUT2D eigenvalue weighted by molar-refractivity contribution is 5.06. The highest BCUT2D eigenvalue weighted by atomic mass is 16.3. The summed E-state index contributed by atoms with van der Waals surface area (Å²) in [5, 5.41) is 8.98. The van der Waals surface area contributed by atoms with E-state index in [1.807, 2.05) is 13.8 Å². The van der Waals surface area contributed by atoms with Crippen molar-refractivity contribution in [1.29, 1.82) is 0 Å². The van der Waals surface area contributed by atoms with Crippen molar-refractivity contribution in [3.63, 3.8) is 0 Å². The molecule has 56 valence electrons. The van der Waals surface area contributed by atoms with Crippen molar-refractivity contribution in [2.24, 2.45) is 5.92 Å². The van der Waals surface area contributed by atoms with Gasteiger partial charge in [0.05, 0.1) is 0 Å². The quantitative estimate of drug-likeness (QED) is 0.463. The number of aliphatic hydroxyl groups is 1. The van der Waals surface area contributed by atoms with Gasteiger partial charge in [0.15, 0.2) is 0 Å². The molecule has 0 saturated carbocycles. The van der Waals surface area contributed by atoms with Crippen molar-refractivity contribution in [3.8, 4) is 12.3 Å². The zero-order valence-corrected chi connectivity index (χ0v) is 6.59. The van der Waals surface area contributed by atoms with Gasteiger partial charge in [0.2, 0.25) is 0 Å². The molecular formula is C9H14O. The van der Waals surface area contributed by atoms with E-state index in [-0.39, 0.29) is 0 Å². The third-order valence-electron chi connectivity index (χ3n) is 1.46. The molecule has 0 unspecified atom stereocenters. The zero-order valence-electron chi connectivity index (χ0n) is 6.59. The number of hydrogen-bond acceptors (Lipinski definition) is 1. The molecule has 1 N–H and O–H groups in total. The Hall–Kier alpha value is -0.740. The third-order valence-corrected chi connectivity index (χ3v) is 1.46. The van der Waals surface area contributed by atoms with Crippen molar-refractivity contribution in [2.75, 3.05) is 0 Å². The van der Waals surface area contributed by atoms with E-state index in [2.05, 4.69) is 12.5 Å². The molecule has 0 aromatic rings. The van der Waals surface area contributed by atoms with Crippen LogP contribution in [0.5, 0.6) is 0 Å². The number of aliphatic hydroxyl groups excluding tert-OH is 1. The molecule has 0 rings (SSSR count). The molecule has 0 spiro atoms. The summed E-state index contributed by atoms with van der Waals surface area (Å²) in [6, 6.07) is 0. The van der Waals surface area contributed by atoms with Crippen LogP contribution in [0.15, 0.2) is 12.2 Å². The fourth-order valence-corrected chi connectivity index (χ4v) is 0.543. The summed E-state index contributed by atoms with van der Waals surface area (Å²) in [5.74, 6) is 2.65. The lowest BCUT2D eigenvalue weighted by atomic mass is 9.99. The predicted octanol–water partition coefficient (Wildman–Crippen LogP) is 1.58. The van der Waals surface area contributed by atoms with Gasteiger partial charge in [-0.05, 0) is 5.92 Å². The van der Waals surface area contributed by atoms with Crippen molar-refractivity contribution < 1.29 is 5.11 Å². The predicted molar refractivity (Wildman–Crippen MR) is 43.4 cm³/mol. The van der Waals surface area contributed by atoms with Gasteiger partial charge in [0, 0.05) is 6.42 Å². The van der Waals surface area contributed by atoms with Crippen LogP contribution in [-0.2, 0) is 0 Å². The fourth-order valence-electron chi connectivity index (χ4n) is 0.543. The van der Waals surface area contributed by atoms with Crippen LogP contribution in [-0.4, -0.2) is 11.2 Å². The first-order valence-electron chi connectivity index (χ1n) is 3.39. The lowest BCUT2D eigenvalue weighted by Gasteiger charge is -2.09. The van der Waals surface area contributed by atoms with E-state index in [1.54, 1.807) is 0 Å². The highest BCUT2D eigenvalue weighted by Crippen LogP contribution is 2.12. The van der Waals surface area contributed by atoms with Gasteiger partial charge >= 0.3 is 0 Å². The van der Waals surface area contributed by atoms with Crippen LogP contribution in [0.2, 0.25) is 0 Å². The Morgan fingerprint density at radius 3 is 2.50 bits per heavy atom. The summed E-state index contributed by atoms with van der Waals surface area (Å²) in [7, 11) is 0. The number of terminal acetylenes is 1. The van der Waals surface area contributed by atoms with Gasteiger partial charge in [-0.1, -0.05) is 31.9 Å². The smallest absolute Gasteiger partial charge is 0.118 e. The minimum absolute atomic E-state index is 0.406. The van der Waals surface area contributed by atoms with E-state index < -0.39 is 6.10 Å². The Bertz CT molecular complexity index is 151. The van der Waals surface area contributed by atoms with Crippen molar-refractivity contribution in [3.05, 3.63) is 12.2 Å². The van der Waals surface area contributed by atoms with Gasteiger partial charge in [-0.3, -0.25) is 0 Å². The number of rotatable bonds is 3. The zero-order chi connectivity index (χ0) is 8.15. The largest absolute Gasteiger partial charge is 0.380 e. The normalized spacial score (nSPS) is 12.7. The minimum atomic E-state index is -0.658. The fraction of sp³-hybridized carbons (Fsp3) is 0.556.